The maximum Gasteiger partial charge on any atom is 0.143 e. The quantitative estimate of drug-likeness (QED) is 0.496. The average molecular weight is 431 g/mol. The van der Waals surface area contributed by atoms with Crippen molar-refractivity contribution in [2.75, 3.05) is 33.3 Å². The molecule has 0 amide bonds. The second-order valence-electron chi connectivity index (χ2n) is 9.37. The van der Waals surface area contributed by atoms with Crippen molar-refractivity contribution in [2.24, 2.45) is 11.8 Å². The Hall–Kier alpha value is -0.640. The van der Waals surface area contributed by atoms with Crippen molar-refractivity contribution in [2.45, 2.75) is 82.4 Å². The van der Waals surface area contributed by atoms with E-state index >= 15 is 4.39 Å². The molecule has 0 aromatic rings. The predicted octanol–water partition coefficient (Wildman–Crippen LogP) is 1.50. The van der Waals surface area contributed by atoms with Gasteiger partial charge in [-0.1, -0.05) is 18.5 Å². The van der Waals surface area contributed by atoms with Crippen LogP contribution in [0.2, 0.25) is 0 Å². The van der Waals surface area contributed by atoms with Crippen LogP contribution < -0.4 is 21.3 Å². The van der Waals surface area contributed by atoms with E-state index in [-0.39, 0.29) is 18.6 Å². The van der Waals surface area contributed by atoms with Gasteiger partial charge in [-0.05, 0) is 58.7 Å². The fourth-order valence-electron chi connectivity index (χ4n) is 5.64. The lowest BCUT2D eigenvalue weighted by atomic mass is 9.71. The summed E-state index contributed by atoms with van der Waals surface area (Å²) in [6, 6.07) is -0.922. The number of fused-ring (bicyclic) bond motifs is 1. The van der Waals surface area contributed by atoms with Gasteiger partial charge < -0.3 is 9.64 Å². The van der Waals surface area contributed by atoms with E-state index in [4.69, 9.17) is 8.85 Å². The Kier molecular flexibility index (Phi) is 6.22. The maximum atomic E-state index is 16.1. The molecular weight excluding hydrogens is 388 g/mol. The van der Waals surface area contributed by atoms with Crippen molar-refractivity contribution in [3.8, 4) is 0 Å². The van der Waals surface area contributed by atoms with Gasteiger partial charge in [0.05, 0.1) is 12.3 Å². The summed E-state index contributed by atoms with van der Waals surface area (Å²) in [5, 5.41) is 12.3. The zero-order chi connectivity index (χ0) is 23.8. The summed E-state index contributed by atoms with van der Waals surface area (Å²) in [6.45, 7) is 1.71. The summed E-state index contributed by atoms with van der Waals surface area (Å²) in [5.74, 6) is 0.0236. The van der Waals surface area contributed by atoms with Gasteiger partial charge in [0, 0.05) is 35.3 Å². The molecule has 3 aliphatic heterocycles. The fourth-order valence-corrected chi connectivity index (χ4v) is 5.64. The minimum Gasteiger partial charge on any atom is -0.377 e. The summed E-state index contributed by atoms with van der Waals surface area (Å²) in [7, 11) is 2.09. The summed E-state index contributed by atoms with van der Waals surface area (Å²) in [6.07, 6.45) is 1.80. The number of hydrogen-bond acceptors (Lipinski definition) is 6. The number of hydrogen-bond donors (Lipinski definition) is 4. The zero-order valence-electron chi connectivity index (χ0n) is 21.0. The largest absolute Gasteiger partial charge is 0.377 e. The topological polar surface area (TPSA) is 60.6 Å². The molecule has 0 spiro atoms. The van der Waals surface area contributed by atoms with Crippen LogP contribution in [0.1, 0.15) is 43.6 Å². The molecule has 1 saturated carbocycles. The summed E-state index contributed by atoms with van der Waals surface area (Å²) >= 11 is 0. The Balaban J connectivity index is 1.45. The van der Waals surface area contributed by atoms with E-state index in [1.54, 1.807) is 6.92 Å². The van der Waals surface area contributed by atoms with Gasteiger partial charge in [0.25, 0.3) is 0 Å². The van der Waals surface area contributed by atoms with Gasteiger partial charge in [0.15, 0.2) is 0 Å². The first-order chi connectivity index (χ1) is 15.6. The average Bonchev–Trinajstić information content (AvgIpc) is 3.09. The first-order valence-corrected chi connectivity index (χ1v) is 11.4. The zero-order valence-corrected chi connectivity index (χ0v) is 18.0. The summed E-state index contributed by atoms with van der Waals surface area (Å²) in [4.78, 5) is 2.25. The Bertz CT molecular complexity index is 699. The minimum atomic E-state index is -2.20. The highest BCUT2D eigenvalue weighted by Gasteiger charge is 2.50. The van der Waals surface area contributed by atoms with Crippen molar-refractivity contribution in [1.82, 2.24) is 26.2 Å². The van der Waals surface area contributed by atoms with E-state index in [0.717, 1.165) is 37.9 Å². The van der Waals surface area contributed by atoms with E-state index in [2.05, 4.69) is 39.3 Å². The van der Waals surface area contributed by atoms with E-state index in [9.17, 15) is 4.39 Å². The molecule has 4 aliphatic rings. The van der Waals surface area contributed by atoms with Gasteiger partial charge in [-0.25, -0.2) is 8.78 Å². The molecule has 172 valence electrons. The lowest BCUT2D eigenvalue weighted by molar-refractivity contribution is -0.0283. The third kappa shape index (κ3) is 4.74. The molecule has 2 saturated heterocycles. The van der Waals surface area contributed by atoms with Crippen LogP contribution in [0.5, 0.6) is 0 Å². The lowest BCUT2D eigenvalue weighted by Crippen LogP contribution is -2.73. The number of nitrogens with one attached hydrogen (secondary N) is 4. The number of likely N-dealkylation sites (N-methyl/N-ethyl adjacent to an activating group) is 1. The highest BCUT2D eigenvalue weighted by molar-refractivity contribution is 5.18. The molecule has 3 fully saturated rings. The standard InChI is InChI=1S/C22H39F2N5O/c1-4-25-21-18(23)13(2)26-22(28-21)27-16-12-15-8-11-30-20(15)17(19(16)24)14-6-5-9-29(3)10-7-14/h7,13,15-22,25-28H,4-6,8-12H2,1-3H3/i1D3. The Morgan fingerprint density at radius 1 is 1.33 bits per heavy atom. The molecule has 30 heavy (non-hydrogen) atoms. The monoisotopic (exact) mass is 430 g/mol. The van der Waals surface area contributed by atoms with Gasteiger partial charge in [-0.2, -0.15) is 0 Å². The molecule has 6 nitrogen and oxygen atoms in total. The van der Waals surface area contributed by atoms with E-state index in [1.165, 1.54) is 0 Å². The third-order valence-electron chi connectivity index (χ3n) is 7.27. The maximum absolute atomic E-state index is 16.1. The van der Waals surface area contributed by atoms with E-state index < -0.39 is 43.7 Å². The van der Waals surface area contributed by atoms with Gasteiger partial charge in [-0.15, -0.1) is 0 Å². The SMILES string of the molecule is [2H]C([2H])([2H])CNC1NC(NC2CC3CCOC3C(C3=CCN(C)CCC3)C2F)NC(C)C1F. The molecule has 0 aromatic heterocycles. The number of halogens is 2. The molecule has 9 atom stereocenters. The third-order valence-corrected chi connectivity index (χ3v) is 7.27. The second-order valence-corrected chi connectivity index (χ2v) is 9.37. The highest BCUT2D eigenvalue weighted by atomic mass is 19.1. The summed E-state index contributed by atoms with van der Waals surface area (Å²) < 4.78 is 59.0. The second kappa shape index (κ2) is 9.88. The molecular formula is C22H39F2N5O. The molecule has 4 N–H and O–H groups in total. The Morgan fingerprint density at radius 2 is 2.20 bits per heavy atom. The lowest BCUT2D eigenvalue weighted by Gasteiger charge is -2.46. The van der Waals surface area contributed by atoms with Gasteiger partial charge in [-0.3, -0.25) is 21.3 Å². The molecule has 4 rings (SSSR count). The van der Waals surface area contributed by atoms with Crippen LogP contribution in [0.4, 0.5) is 8.78 Å². The van der Waals surface area contributed by atoms with Gasteiger partial charge in [0.2, 0.25) is 0 Å². The van der Waals surface area contributed by atoms with E-state index in [0.29, 0.717) is 18.9 Å². The minimum absolute atomic E-state index is 0.0807. The van der Waals surface area contributed by atoms with Crippen LogP contribution in [0, 0.1) is 11.8 Å². The normalized spacial score (nSPS) is 47.5. The summed E-state index contributed by atoms with van der Waals surface area (Å²) in [5.41, 5.74) is 1.16. The van der Waals surface area contributed by atoms with Crippen LogP contribution in [0.3, 0.4) is 0 Å². The Morgan fingerprint density at radius 3 is 3.03 bits per heavy atom. The van der Waals surface area contributed by atoms with Crippen LogP contribution in [-0.4, -0.2) is 81.2 Å². The molecule has 0 aromatic carbocycles. The first kappa shape index (κ1) is 18.9. The van der Waals surface area contributed by atoms with Gasteiger partial charge >= 0.3 is 0 Å². The molecule has 9 unspecified atom stereocenters. The van der Waals surface area contributed by atoms with Crippen molar-refractivity contribution in [3.05, 3.63) is 11.6 Å². The highest BCUT2D eigenvalue weighted by Crippen LogP contribution is 2.44. The van der Waals surface area contributed by atoms with Crippen molar-refractivity contribution in [1.29, 1.82) is 0 Å². The van der Waals surface area contributed by atoms with Crippen molar-refractivity contribution < 1.29 is 17.6 Å². The number of ether oxygens (including phenoxy) is 1. The first-order valence-electron chi connectivity index (χ1n) is 12.9. The smallest absolute Gasteiger partial charge is 0.143 e. The Labute approximate surface area is 183 Å². The van der Waals surface area contributed by atoms with Crippen LogP contribution in [0.15, 0.2) is 11.6 Å². The number of alkyl halides is 2. The van der Waals surface area contributed by atoms with Crippen molar-refractivity contribution in [3.63, 3.8) is 0 Å². The molecule has 1 aliphatic carbocycles. The molecule has 8 heteroatoms. The van der Waals surface area contributed by atoms with Crippen LogP contribution >= 0.6 is 0 Å². The fraction of sp³-hybridized carbons (Fsp3) is 0.909. The van der Waals surface area contributed by atoms with Gasteiger partial charge in [0.1, 0.15) is 18.6 Å². The number of nitrogens with zero attached hydrogens (tertiary/aromatic N) is 1. The van der Waals surface area contributed by atoms with Crippen LogP contribution in [-0.2, 0) is 4.74 Å². The van der Waals surface area contributed by atoms with Crippen molar-refractivity contribution >= 4 is 0 Å². The molecule has 0 bridgehead atoms. The number of rotatable bonds is 5. The molecule has 0 radical (unpaired) electrons. The van der Waals surface area contributed by atoms with E-state index in [1.807, 2.05) is 0 Å². The predicted molar refractivity (Wildman–Crippen MR) is 114 cm³/mol. The van der Waals surface area contributed by atoms with Crippen LogP contribution in [0.25, 0.3) is 0 Å². The molecule has 3 heterocycles.